The lowest BCUT2D eigenvalue weighted by atomic mass is 9.89. The van der Waals surface area contributed by atoms with Gasteiger partial charge in [-0.15, -0.1) is 0 Å². The summed E-state index contributed by atoms with van der Waals surface area (Å²) >= 11 is 0. The maximum absolute atomic E-state index is 12.0. The third kappa shape index (κ3) is 4.33. The van der Waals surface area contributed by atoms with Gasteiger partial charge in [0, 0.05) is 12.3 Å². The SMILES string of the molecule is CC(C)Cc1nc(CNC(=O)C2CCCCC2)no1. The molecule has 1 aliphatic rings. The van der Waals surface area contributed by atoms with Crippen LogP contribution in [0.4, 0.5) is 0 Å². The number of nitrogens with one attached hydrogen (secondary N) is 1. The normalized spacial score (nSPS) is 16.8. The molecule has 2 rings (SSSR count). The number of carbonyl (C=O) groups is 1. The Hall–Kier alpha value is -1.39. The minimum absolute atomic E-state index is 0.134. The lowest BCUT2D eigenvalue weighted by Gasteiger charge is -2.20. The largest absolute Gasteiger partial charge is 0.348 e. The van der Waals surface area contributed by atoms with E-state index in [1.165, 1.54) is 19.3 Å². The van der Waals surface area contributed by atoms with Gasteiger partial charge in [-0.25, -0.2) is 0 Å². The van der Waals surface area contributed by atoms with E-state index in [0.29, 0.717) is 24.2 Å². The Bertz CT molecular complexity index is 409. The zero-order valence-electron chi connectivity index (χ0n) is 11.8. The second-order valence-electron chi connectivity index (χ2n) is 5.76. The molecule has 0 saturated heterocycles. The van der Waals surface area contributed by atoms with Crippen LogP contribution in [0.5, 0.6) is 0 Å². The Labute approximate surface area is 114 Å². The van der Waals surface area contributed by atoms with E-state index in [1.54, 1.807) is 0 Å². The molecule has 1 aromatic heterocycles. The highest BCUT2D eigenvalue weighted by atomic mass is 16.5. The number of hydrogen-bond donors (Lipinski definition) is 1. The fourth-order valence-electron chi connectivity index (χ4n) is 2.47. The molecule has 0 spiro atoms. The molecule has 0 aliphatic heterocycles. The first-order valence-corrected chi connectivity index (χ1v) is 7.24. The molecule has 1 amide bonds. The Morgan fingerprint density at radius 3 is 2.79 bits per heavy atom. The van der Waals surface area contributed by atoms with Crippen LogP contribution in [-0.2, 0) is 17.8 Å². The maximum atomic E-state index is 12.0. The monoisotopic (exact) mass is 265 g/mol. The first-order chi connectivity index (χ1) is 9.15. The second kappa shape index (κ2) is 6.68. The van der Waals surface area contributed by atoms with Crippen LogP contribution in [0.25, 0.3) is 0 Å². The van der Waals surface area contributed by atoms with Crippen molar-refractivity contribution in [2.45, 2.75) is 58.9 Å². The molecule has 1 heterocycles. The number of rotatable bonds is 5. The number of hydrogen-bond acceptors (Lipinski definition) is 4. The molecule has 5 nitrogen and oxygen atoms in total. The van der Waals surface area contributed by atoms with Gasteiger partial charge in [-0.05, 0) is 18.8 Å². The van der Waals surface area contributed by atoms with Crippen molar-refractivity contribution in [2.75, 3.05) is 0 Å². The van der Waals surface area contributed by atoms with Gasteiger partial charge in [-0.1, -0.05) is 38.3 Å². The third-order valence-electron chi connectivity index (χ3n) is 3.49. The zero-order chi connectivity index (χ0) is 13.7. The van der Waals surface area contributed by atoms with Crippen molar-refractivity contribution in [1.82, 2.24) is 15.5 Å². The molecule has 1 aromatic rings. The zero-order valence-corrected chi connectivity index (χ0v) is 11.8. The molecule has 1 fully saturated rings. The van der Waals surface area contributed by atoms with Gasteiger partial charge in [0.25, 0.3) is 0 Å². The molecule has 0 atom stereocenters. The van der Waals surface area contributed by atoms with Gasteiger partial charge in [-0.3, -0.25) is 4.79 Å². The van der Waals surface area contributed by atoms with Crippen molar-refractivity contribution in [3.05, 3.63) is 11.7 Å². The van der Waals surface area contributed by atoms with Crippen LogP contribution >= 0.6 is 0 Å². The van der Waals surface area contributed by atoms with Crippen LogP contribution in [0.3, 0.4) is 0 Å². The molecule has 19 heavy (non-hydrogen) atoms. The van der Waals surface area contributed by atoms with Crippen molar-refractivity contribution in [2.24, 2.45) is 11.8 Å². The highest BCUT2D eigenvalue weighted by molar-refractivity contribution is 5.78. The van der Waals surface area contributed by atoms with E-state index in [1.807, 2.05) is 0 Å². The van der Waals surface area contributed by atoms with Crippen molar-refractivity contribution in [3.8, 4) is 0 Å². The summed E-state index contributed by atoms with van der Waals surface area (Å²) in [5.41, 5.74) is 0. The van der Waals surface area contributed by atoms with E-state index in [4.69, 9.17) is 4.52 Å². The van der Waals surface area contributed by atoms with E-state index in [0.717, 1.165) is 19.3 Å². The van der Waals surface area contributed by atoms with Crippen LogP contribution in [-0.4, -0.2) is 16.0 Å². The van der Waals surface area contributed by atoms with E-state index < -0.39 is 0 Å². The number of carbonyl (C=O) groups excluding carboxylic acids is 1. The van der Waals surface area contributed by atoms with Gasteiger partial charge in [-0.2, -0.15) is 4.98 Å². The van der Waals surface area contributed by atoms with Crippen LogP contribution < -0.4 is 5.32 Å². The van der Waals surface area contributed by atoms with Gasteiger partial charge in [0.05, 0.1) is 6.54 Å². The Morgan fingerprint density at radius 2 is 2.11 bits per heavy atom. The van der Waals surface area contributed by atoms with Crippen LogP contribution in [0.1, 0.15) is 57.7 Å². The van der Waals surface area contributed by atoms with Crippen molar-refractivity contribution in [1.29, 1.82) is 0 Å². The van der Waals surface area contributed by atoms with Gasteiger partial charge in [0.2, 0.25) is 11.8 Å². The molecule has 1 N–H and O–H groups in total. The van der Waals surface area contributed by atoms with Crippen molar-refractivity contribution >= 4 is 5.91 Å². The third-order valence-corrected chi connectivity index (χ3v) is 3.49. The molecule has 0 radical (unpaired) electrons. The summed E-state index contributed by atoms with van der Waals surface area (Å²) in [6.07, 6.45) is 6.39. The van der Waals surface area contributed by atoms with E-state index in [2.05, 4.69) is 29.3 Å². The average molecular weight is 265 g/mol. The predicted octanol–water partition coefficient (Wildman–Crippen LogP) is 2.46. The van der Waals surface area contributed by atoms with E-state index in [-0.39, 0.29) is 11.8 Å². The fourth-order valence-corrected chi connectivity index (χ4v) is 2.47. The molecular weight excluding hydrogens is 242 g/mol. The van der Waals surface area contributed by atoms with Crippen molar-refractivity contribution in [3.63, 3.8) is 0 Å². The van der Waals surface area contributed by atoms with Crippen LogP contribution in [0.2, 0.25) is 0 Å². The summed E-state index contributed by atoms with van der Waals surface area (Å²) in [4.78, 5) is 16.2. The second-order valence-corrected chi connectivity index (χ2v) is 5.76. The quantitative estimate of drug-likeness (QED) is 0.888. The Kier molecular flexibility index (Phi) is 4.93. The van der Waals surface area contributed by atoms with Gasteiger partial charge in [0.1, 0.15) is 0 Å². The molecule has 106 valence electrons. The lowest BCUT2D eigenvalue weighted by Crippen LogP contribution is -2.31. The topological polar surface area (TPSA) is 68.0 Å². The van der Waals surface area contributed by atoms with Crippen molar-refractivity contribution < 1.29 is 9.32 Å². The minimum atomic E-state index is 0.134. The first kappa shape index (κ1) is 14.0. The van der Waals surface area contributed by atoms with E-state index in [9.17, 15) is 4.79 Å². The number of aromatic nitrogens is 2. The highest BCUT2D eigenvalue weighted by Gasteiger charge is 2.21. The smallest absolute Gasteiger partial charge is 0.226 e. The summed E-state index contributed by atoms with van der Waals surface area (Å²) in [5, 5.41) is 6.80. The summed E-state index contributed by atoms with van der Waals surface area (Å²) in [5.74, 6) is 2.02. The Balaban J connectivity index is 1.78. The summed E-state index contributed by atoms with van der Waals surface area (Å²) in [7, 11) is 0. The fraction of sp³-hybridized carbons (Fsp3) is 0.786. The molecule has 1 saturated carbocycles. The average Bonchev–Trinajstić information content (AvgIpc) is 2.84. The summed E-state index contributed by atoms with van der Waals surface area (Å²) in [6.45, 7) is 4.58. The molecule has 0 unspecified atom stereocenters. The predicted molar refractivity (Wildman–Crippen MR) is 71.3 cm³/mol. The molecular formula is C14H23N3O2. The summed E-state index contributed by atoms with van der Waals surface area (Å²) in [6, 6.07) is 0. The number of amides is 1. The van der Waals surface area contributed by atoms with Gasteiger partial charge >= 0.3 is 0 Å². The van der Waals surface area contributed by atoms with Crippen LogP contribution in [0.15, 0.2) is 4.52 Å². The minimum Gasteiger partial charge on any atom is -0.348 e. The Morgan fingerprint density at radius 1 is 1.37 bits per heavy atom. The standard InChI is InChI=1S/C14H23N3O2/c1-10(2)8-13-16-12(17-19-13)9-15-14(18)11-6-4-3-5-7-11/h10-11H,3-9H2,1-2H3,(H,15,18). The highest BCUT2D eigenvalue weighted by Crippen LogP contribution is 2.23. The molecule has 0 bridgehead atoms. The molecule has 1 aliphatic carbocycles. The first-order valence-electron chi connectivity index (χ1n) is 7.24. The maximum Gasteiger partial charge on any atom is 0.226 e. The molecule has 0 aromatic carbocycles. The molecule has 5 heteroatoms. The summed E-state index contributed by atoms with van der Waals surface area (Å²) < 4.78 is 5.14. The van der Waals surface area contributed by atoms with Crippen LogP contribution in [0, 0.1) is 11.8 Å². The van der Waals surface area contributed by atoms with E-state index >= 15 is 0 Å². The van der Waals surface area contributed by atoms with Gasteiger partial charge in [0.15, 0.2) is 5.82 Å². The van der Waals surface area contributed by atoms with Gasteiger partial charge < -0.3 is 9.84 Å². The number of nitrogens with zero attached hydrogens (tertiary/aromatic N) is 2. The lowest BCUT2D eigenvalue weighted by molar-refractivity contribution is -0.126.